The van der Waals surface area contributed by atoms with Crippen LogP contribution in [0.15, 0.2) is 11.7 Å². The van der Waals surface area contributed by atoms with Gasteiger partial charge in [-0.15, -0.1) is 0 Å². The van der Waals surface area contributed by atoms with Gasteiger partial charge in [-0.25, -0.2) is 4.79 Å². The number of nitrogens with zero attached hydrogens (tertiary/aromatic N) is 1. The summed E-state index contributed by atoms with van der Waals surface area (Å²) in [6.07, 6.45) is 1.44. The lowest BCUT2D eigenvalue weighted by Crippen LogP contribution is -2.32. The van der Waals surface area contributed by atoms with Gasteiger partial charge in [-0.05, 0) is 32.7 Å². The van der Waals surface area contributed by atoms with Gasteiger partial charge in [0, 0.05) is 12.7 Å². The Hall–Kier alpha value is -1.01. The Morgan fingerprint density at radius 3 is 2.53 bits per heavy atom. The summed E-state index contributed by atoms with van der Waals surface area (Å²) < 4.78 is 5.13. The van der Waals surface area contributed by atoms with Crippen molar-refractivity contribution in [3.63, 3.8) is 0 Å². The molecule has 0 fully saturated rings. The smallest absolute Gasteiger partial charge is 0.443 e. The van der Waals surface area contributed by atoms with Crippen LogP contribution in [0.4, 0.5) is 4.79 Å². The van der Waals surface area contributed by atoms with Gasteiger partial charge in [-0.3, -0.25) is 4.90 Å². The summed E-state index contributed by atoms with van der Waals surface area (Å²) in [6.45, 7) is 5.79. The minimum Gasteiger partial charge on any atom is -0.443 e. The first-order valence-electron chi connectivity index (χ1n) is 4.86. The van der Waals surface area contributed by atoms with Crippen molar-refractivity contribution in [1.29, 1.82) is 0 Å². The van der Waals surface area contributed by atoms with Gasteiger partial charge < -0.3 is 14.8 Å². The second kappa shape index (κ2) is 4.24. The largest absolute Gasteiger partial charge is 0.485 e. The Labute approximate surface area is 89.5 Å². The van der Waals surface area contributed by atoms with Crippen LogP contribution in [0.1, 0.15) is 27.2 Å². The van der Waals surface area contributed by atoms with Gasteiger partial charge in [0.25, 0.3) is 0 Å². The molecule has 0 spiro atoms. The van der Waals surface area contributed by atoms with Gasteiger partial charge >= 0.3 is 13.2 Å². The normalized spacial score (nSPS) is 16.3. The predicted molar refractivity (Wildman–Crippen MR) is 55.8 cm³/mol. The quantitative estimate of drug-likeness (QED) is 0.623. The Kier molecular flexibility index (Phi) is 3.41. The molecule has 0 aliphatic carbocycles. The average Bonchev–Trinajstić information content (AvgIpc) is 2.47. The molecule has 6 heteroatoms. The maximum Gasteiger partial charge on any atom is 0.485 e. The summed E-state index contributed by atoms with van der Waals surface area (Å²) in [7, 11) is -1.49. The molecule has 0 unspecified atom stereocenters. The predicted octanol–water partition coefficient (Wildman–Crippen LogP) is 0.523. The summed E-state index contributed by atoms with van der Waals surface area (Å²) in [6, 6.07) is 0. The fraction of sp³-hybridized carbons (Fsp3) is 0.667. The zero-order valence-electron chi connectivity index (χ0n) is 9.23. The number of ether oxygens (including phenoxy) is 1. The summed E-state index contributed by atoms with van der Waals surface area (Å²) >= 11 is 0. The van der Waals surface area contributed by atoms with E-state index in [1.165, 1.54) is 11.1 Å². The van der Waals surface area contributed by atoms with E-state index in [1.807, 2.05) is 0 Å². The fourth-order valence-corrected chi connectivity index (χ4v) is 1.24. The molecule has 0 aromatic heterocycles. The molecule has 0 aromatic rings. The summed E-state index contributed by atoms with van der Waals surface area (Å²) in [5, 5.41) is 17.8. The van der Waals surface area contributed by atoms with Gasteiger partial charge in [0.2, 0.25) is 0 Å². The molecule has 2 N–H and O–H groups in total. The van der Waals surface area contributed by atoms with E-state index < -0.39 is 18.8 Å². The maximum absolute atomic E-state index is 11.5. The summed E-state index contributed by atoms with van der Waals surface area (Å²) in [5.74, 6) is 0. The van der Waals surface area contributed by atoms with Crippen LogP contribution < -0.4 is 0 Å². The third kappa shape index (κ3) is 3.56. The van der Waals surface area contributed by atoms with E-state index in [-0.39, 0.29) is 0 Å². The molecule has 5 nitrogen and oxygen atoms in total. The molecule has 1 aliphatic heterocycles. The summed E-state index contributed by atoms with van der Waals surface area (Å²) in [5.41, 5.74) is -0.105. The van der Waals surface area contributed by atoms with E-state index in [0.29, 0.717) is 18.4 Å². The van der Waals surface area contributed by atoms with E-state index in [4.69, 9.17) is 14.8 Å². The molecule has 0 bridgehead atoms. The van der Waals surface area contributed by atoms with Gasteiger partial charge in [0.05, 0.1) is 0 Å². The minimum absolute atomic E-state index is 0.431. The molecule has 0 saturated heterocycles. The third-order valence-electron chi connectivity index (χ3n) is 1.92. The molecule has 0 radical (unpaired) electrons. The number of rotatable bonds is 1. The molecular weight excluding hydrogens is 197 g/mol. The Bertz CT molecular complexity index is 282. The molecule has 0 saturated carbocycles. The number of hydrogen-bond acceptors (Lipinski definition) is 4. The highest BCUT2D eigenvalue weighted by Crippen LogP contribution is 2.18. The van der Waals surface area contributed by atoms with Crippen molar-refractivity contribution in [2.75, 3.05) is 6.54 Å². The van der Waals surface area contributed by atoms with Crippen LogP contribution in [-0.4, -0.2) is 40.3 Å². The van der Waals surface area contributed by atoms with E-state index in [0.717, 1.165) is 0 Å². The molecule has 1 aliphatic rings. The lowest BCUT2D eigenvalue weighted by atomic mass is 9.79. The third-order valence-corrected chi connectivity index (χ3v) is 1.92. The van der Waals surface area contributed by atoms with Crippen LogP contribution in [-0.2, 0) is 4.74 Å². The summed E-state index contributed by atoms with van der Waals surface area (Å²) in [4.78, 5) is 12.9. The van der Waals surface area contributed by atoms with Crippen LogP contribution in [0.2, 0.25) is 0 Å². The monoisotopic (exact) mass is 213 g/mol. The molecular formula is C9H16BNO4. The van der Waals surface area contributed by atoms with Crippen LogP contribution in [0, 0.1) is 0 Å². The number of amides is 1. The lowest BCUT2D eigenvalue weighted by Gasteiger charge is -2.23. The number of hydrogen-bond donors (Lipinski definition) is 2. The van der Waals surface area contributed by atoms with Gasteiger partial charge in [-0.2, -0.15) is 0 Å². The van der Waals surface area contributed by atoms with Gasteiger partial charge in [0.1, 0.15) is 5.60 Å². The highest BCUT2D eigenvalue weighted by atomic mass is 16.6. The molecule has 1 amide bonds. The first-order valence-corrected chi connectivity index (χ1v) is 4.86. The van der Waals surface area contributed by atoms with Crippen LogP contribution in [0.5, 0.6) is 0 Å². The molecule has 1 rings (SSSR count). The standard InChI is InChI=1S/C9H16BNO4/c1-9(2,3)15-8(12)11-5-4-7(6-11)10(13)14/h6,13-14H,4-5H2,1-3H3. The molecule has 84 valence electrons. The molecule has 15 heavy (non-hydrogen) atoms. The van der Waals surface area contributed by atoms with Gasteiger partial charge in [-0.1, -0.05) is 0 Å². The maximum atomic E-state index is 11.5. The van der Waals surface area contributed by atoms with Crippen molar-refractivity contribution in [1.82, 2.24) is 4.90 Å². The number of carbonyl (C=O) groups is 1. The first kappa shape index (κ1) is 12.1. The van der Waals surface area contributed by atoms with Crippen molar-refractivity contribution in [2.45, 2.75) is 32.8 Å². The van der Waals surface area contributed by atoms with Crippen LogP contribution in [0.3, 0.4) is 0 Å². The second-order valence-corrected chi connectivity index (χ2v) is 4.50. The topological polar surface area (TPSA) is 70.0 Å². The fourth-order valence-electron chi connectivity index (χ4n) is 1.24. The Morgan fingerprint density at radius 1 is 1.53 bits per heavy atom. The highest BCUT2D eigenvalue weighted by Gasteiger charge is 2.28. The minimum atomic E-state index is -1.49. The Balaban J connectivity index is 2.57. The van der Waals surface area contributed by atoms with Gasteiger partial charge in [0.15, 0.2) is 0 Å². The van der Waals surface area contributed by atoms with Crippen molar-refractivity contribution < 1.29 is 19.6 Å². The van der Waals surface area contributed by atoms with Crippen molar-refractivity contribution in [2.24, 2.45) is 0 Å². The van der Waals surface area contributed by atoms with E-state index in [9.17, 15) is 4.79 Å². The number of carbonyl (C=O) groups excluding carboxylic acids is 1. The first-order chi connectivity index (χ1) is 6.79. The SMILES string of the molecule is CC(C)(C)OC(=O)N1C=C(B(O)O)CC1. The lowest BCUT2D eigenvalue weighted by molar-refractivity contribution is 0.0349. The van der Waals surface area contributed by atoms with Crippen LogP contribution >= 0.6 is 0 Å². The molecule has 0 aromatic carbocycles. The highest BCUT2D eigenvalue weighted by molar-refractivity contribution is 6.50. The molecule has 1 heterocycles. The van der Waals surface area contributed by atoms with Crippen molar-refractivity contribution in [3.8, 4) is 0 Å². The van der Waals surface area contributed by atoms with E-state index in [1.54, 1.807) is 20.8 Å². The van der Waals surface area contributed by atoms with E-state index >= 15 is 0 Å². The zero-order chi connectivity index (χ0) is 11.6. The second-order valence-electron chi connectivity index (χ2n) is 4.50. The van der Waals surface area contributed by atoms with Crippen molar-refractivity contribution in [3.05, 3.63) is 11.7 Å². The zero-order valence-corrected chi connectivity index (χ0v) is 9.23. The van der Waals surface area contributed by atoms with Crippen LogP contribution in [0.25, 0.3) is 0 Å². The average molecular weight is 213 g/mol. The Morgan fingerprint density at radius 2 is 2.13 bits per heavy atom. The molecule has 0 atom stereocenters. The van der Waals surface area contributed by atoms with Crippen molar-refractivity contribution >= 4 is 13.2 Å². The van der Waals surface area contributed by atoms with E-state index in [2.05, 4.69) is 0 Å².